The van der Waals surface area contributed by atoms with Gasteiger partial charge in [-0.2, -0.15) is 0 Å². The summed E-state index contributed by atoms with van der Waals surface area (Å²) in [7, 11) is -3.73. The van der Waals surface area contributed by atoms with E-state index in [-0.39, 0.29) is 34.9 Å². The second kappa shape index (κ2) is 5.91. The molecule has 1 aromatic rings. The van der Waals surface area contributed by atoms with Gasteiger partial charge < -0.3 is 0 Å². The van der Waals surface area contributed by atoms with Crippen LogP contribution in [0.4, 0.5) is 0 Å². The lowest BCUT2D eigenvalue weighted by atomic mass is 10.1. The molecule has 0 radical (unpaired) electrons. The molecule has 0 heterocycles. The van der Waals surface area contributed by atoms with Crippen molar-refractivity contribution in [1.82, 2.24) is 0 Å². The Morgan fingerprint density at radius 1 is 1.06 bits per heavy atom. The number of hydrogen-bond donors (Lipinski definition) is 0. The number of ketones is 2. The highest BCUT2D eigenvalue weighted by molar-refractivity contribution is 7.92. The molecular weight excluding hydrogens is 252 g/mol. The molecule has 0 saturated heterocycles. The van der Waals surface area contributed by atoms with Crippen molar-refractivity contribution >= 4 is 21.4 Å². The summed E-state index contributed by atoms with van der Waals surface area (Å²) >= 11 is 0. The second-order valence-electron chi connectivity index (χ2n) is 3.92. The van der Waals surface area contributed by atoms with Gasteiger partial charge in [0.1, 0.15) is 11.5 Å². The Morgan fingerprint density at radius 3 is 2.22 bits per heavy atom. The molecule has 0 spiro atoms. The summed E-state index contributed by atoms with van der Waals surface area (Å²) in [4.78, 5) is 22.9. The van der Waals surface area contributed by atoms with Crippen LogP contribution in [0.3, 0.4) is 0 Å². The SMILES string of the molecule is CCC(=O)CS(=O)(=O)c1ccccc1C(=O)CC. The second-order valence-corrected chi connectivity index (χ2v) is 5.88. The van der Waals surface area contributed by atoms with Crippen molar-refractivity contribution < 1.29 is 18.0 Å². The smallest absolute Gasteiger partial charge is 0.186 e. The fraction of sp³-hybridized carbons (Fsp3) is 0.385. The van der Waals surface area contributed by atoms with E-state index in [0.717, 1.165) is 0 Å². The predicted molar refractivity (Wildman–Crippen MR) is 68.4 cm³/mol. The molecule has 0 N–H and O–H groups in total. The van der Waals surface area contributed by atoms with E-state index in [1.165, 1.54) is 12.1 Å². The first-order valence-corrected chi connectivity index (χ1v) is 7.44. The average molecular weight is 268 g/mol. The number of sulfone groups is 1. The van der Waals surface area contributed by atoms with Gasteiger partial charge in [-0.05, 0) is 6.07 Å². The number of benzene rings is 1. The lowest BCUT2D eigenvalue weighted by Crippen LogP contribution is -2.18. The third-order valence-corrected chi connectivity index (χ3v) is 4.32. The summed E-state index contributed by atoms with van der Waals surface area (Å²) < 4.78 is 24.1. The van der Waals surface area contributed by atoms with Crippen molar-refractivity contribution in [2.24, 2.45) is 0 Å². The van der Waals surface area contributed by atoms with Gasteiger partial charge in [-0.15, -0.1) is 0 Å². The summed E-state index contributed by atoms with van der Waals surface area (Å²) in [5.41, 5.74) is 0.170. The fourth-order valence-electron chi connectivity index (χ4n) is 1.55. The quantitative estimate of drug-likeness (QED) is 0.740. The molecule has 0 amide bonds. The number of Topliss-reactive ketones (excluding diaryl/α,β-unsaturated/α-hetero) is 2. The standard InChI is InChI=1S/C13H16O4S/c1-3-10(14)9-18(16,17)13-8-6-5-7-11(13)12(15)4-2/h5-8H,3-4,9H2,1-2H3. The van der Waals surface area contributed by atoms with Gasteiger partial charge in [0.2, 0.25) is 0 Å². The van der Waals surface area contributed by atoms with E-state index >= 15 is 0 Å². The summed E-state index contributed by atoms with van der Waals surface area (Å²) in [5, 5.41) is 0. The molecule has 0 fully saturated rings. The average Bonchev–Trinajstić information content (AvgIpc) is 2.37. The number of rotatable bonds is 6. The van der Waals surface area contributed by atoms with E-state index in [0.29, 0.717) is 0 Å². The molecule has 1 aromatic carbocycles. The Labute approximate surface area is 107 Å². The number of carbonyl (C=O) groups is 2. The maximum absolute atomic E-state index is 12.1. The van der Waals surface area contributed by atoms with Crippen LogP contribution in [0, 0.1) is 0 Å². The highest BCUT2D eigenvalue weighted by atomic mass is 32.2. The molecule has 0 aliphatic heterocycles. The normalized spacial score (nSPS) is 11.2. The molecular formula is C13H16O4S. The van der Waals surface area contributed by atoms with Crippen molar-refractivity contribution in [2.45, 2.75) is 31.6 Å². The van der Waals surface area contributed by atoms with Gasteiger partial charge in [0.25, 0.3) is 0 Å². The van der Waals surface area contributed by atoms with E-state index in [2.05, 4.69) is 0 Å². The minimum atomic E-state index is -3.73. The van der Waals surface area contributed by atoms with Crippen LogP contribution in [0.2, 0.25) is 0 Å². The van der Waals surface area contributed by atoms with Gasteiger partial charge >= 0.3 is 0 Å². The molecule has 0 aliphatic carbocycles. The zero-order chi connectivity index (χ0) is 13.8. The van der Waals surface area contributed by atoms with Crippen LogP contribution >= 0.6 is 0 Å². The maximum atomic E-state index is 12.1. The lowest BCUT2D eigenvalue weighted by Gasteiger charge is -2.08. The van der Waals surface area contributed by atoms with Crippen molar-refractivity contribution in [1.29, 1.82) is 0 Å². The Kier molecular flexibility index (Phi) is 4.78. The molecule has 5 heteroatoms. The fourth-order valence-corrected chi connectivity index (χ4v) is 3.14. The molecule has 0 aromatic heterocycles. The van der Waals surface area contributed by atoms with Gasteiger partial charge in [-0.3, -0.25) is 9.59 Å². The first-order valence-electron chi connectivity index (χ1n) is 5.79. The topological polar surface area (TPSA) is 68.3 Å². The highest BCUT2D eigenvalue weighted by Crippen LogP contribution is 2.19. The van der Waals surface area contributed by atoms with Gasteiger partial charge in [-0.25, -0.2) is 8.42 Å². The summed E-state index contributed by atoms with van der Waals surface area (Å²) in [6.45, 7) is 3.28. The summed E-state index contributed by atoms with van der Waals surface area (Å²) in [6.07, 6.45) is 0.400. The summed E-state index contributed by atoms with van der Waals surface area (Å²) in [5.74, 6) is -1.13. The Balaban J connectivity index is 3.24. The van der Waals surface area contributed by atoms with Crippen molar-refractivity contribution in [3.63, 3.8) is 0 Å². The molecule has 0 aliphatic rings. The molecule has 0 saturated carbocycles. The molecule has 1 rings (SSSR count). The highest BCUT2D eigenvalue weighted by Gasteiger charge is 2.23. The van der Waals surface area contributed by atoms with E-state index < -0.39 is 15.6 Å². The van der Waals surface area contributed by atoms with Gasteiger partial charge in [0.05, 0.1) is 4.90 Å². The molecule has 0 unspecified atom stereocenters. The number of hydrogen-bond acceptors (Lipinski definition) is 4. The van der Waals surface area contributed by atoms with E-state index in [9.17, 15) is 18.0 Å². The first-order chi connectivity index (χ1) is 8.42. The number of carbonyl (C=O) groups excluding carboxylic acids is 2. The third-order valence-electron chi connectivity index (χ3n) is 2.59. The van der Waals surface area contributed by atoms with Crippen molar-refractivity contribution in [3.05, 3.63) is 29.8 Å². The third kappa shape index (κ3) is 3.26. The molecule has 0 bridgehead atoms. The summed E-state index contributed by atoms with van der Waals surface area (Å²) in [6, 6.07) is 6.02. The van der Waals surface area contributed by atoms with E-state index in [1.54, 1.807) is 26.0 Å². The van der Waals surface area contributed by atoms with Crippen LogP contribution in [0.25, 0.3) is 0 Å². The predicted octanol–water partition coefficient (Wildman–Crippen LogP) is 2.03. The van der Waals surface area contributed by atoms with Crippen LogP contribution in [0.15, 0.2) is 29.2 Å². The molecule has 0 atom stereocenters. The van der Waals surface area contributed by atoms with Gasteiger partial charge in [0, 0.05) is 18.4 Å². The minimum Gasteiger partial charge on any atom is -0.299 e. The van der Waals surface area contributed by atoms with Crippen molar-refractivity contribution in [2.75, 3.05) is 5.75 Å². The molecule has 18 heavy (non-hydrogen) atoms. The lowest BCUT2D eigenvalue weighted by molar-refractivity contribution is -0.116. The van der Waals surface area contributed by atoms with Crippen LogP contribution in [-0.4, -0.2) is 25.7 Å². The Bertz CT molecular complexity index is 558. The van der Waals surface area contributed by atoms with Crippen molar-refractivity contribution in [3.8, 4) is 0 Å². The first kappa shape index (κ1) is 14.6. The van der Waals surface area contributed by atoms with E-state index in [4.69, 9.17) is 0 Å². The largest absolute Gasteiger partial charge is 0.299 e. The zero-order valence-corrected chi connectivity index (χ0v) is 11.3. The Morgan fingerprint density at radius 2 is 1.67 bits per heavy atom. The monoisotopic (exact) mass is 268 g/mol. The van der Waals surface area contributed by atoms with Crippen LogP contribution in [-0.2, 0) is 14.6 Å². The zero-order valence-electron chi connectivity index (χ0n) is 10.5. The van der Waals surface area contributed by atoms with Crippen LogP contribution in [0.5, 0.6) is 0 Å². The van der Waals surface area contributed by atoms with Crippen LogP contribution < -0.4 is 0 Å². The van der Waals surface area contributed by atoms with Gasteiger partial charge in [0.15, 0.2) is 15.6 Å². The minimum absolute atomic E-state index is 0.0429. The van der Waals surface area contributed by atoms with Gasteiger partial charge in [-0.1, -0.05) is 32.0 Å². The maximum Gasteiger partial charge on any atom is 0.186 e. The van der Waals surface area contributed by atoms with E-state index in [1.807, 2.05) is 0 Å². The molecule has 98 valence electrons. The molecule has 4 nitrogen and oxygen atoms in total. The van der Waals surface area contributed by atoms with Crippen LogP contribution in [0.1, 0.15) is 37.0 Å². The Hall–Kier alpha value is -1.49.